The van der Waals surface area contributed by atoms with Crippen LogP contribution in [0.3, 0.4) is 0 Å². The molecule has 0 radical (unpaired) electrons. The van der Waals surface area contributed by atoms with Gasteiger partial charge >= 0.3 is 0 Å². The summed E-state index contributed by atoms with van der Waals surface area (Å²) >= 11 is 6.14. The van der Waals surface area contributed by atoms with Gasteiger partial charge in [-0.1, -0.05) is 29.8 Å². The fourth-order valence-corrected chi connectivity index (χ4v) is 1.96. The van der Waals surface area contributed by atoms with Crippen LogP contribution in [0.5, 0.6) is 0 Å². The summed E-state index contributed by atoms with van der Waals surface area (Å²) in [5, 5.41) is 4.81. The summed E-state index contributed by atoms with van der Waals surface area (Å²) in [7, 11) is 1.87. The summed E-state index contributed by atoms with van der Waals surface area (Å²) in [6.07, 6.45) is 1.73. The van der Waals surface area contributed by atoms with Gasteiger partial charge in [0.1, 0.15) is 0 Å². The van der Waals surface area contributed by atoms with Crippen molar-refractivity contribution in [1.29, 1.82) is 0 Å². The highest BCUT2D eigenvalue weighted by Crippen LogP contribution is 2.26. The highest BCUT2D eigenvalue weighted by molar-refractivity contribution is 6.31. The second kappa shape index (κ2) is 4.65. The number of hydrogen-bond donors (Lipinski definition) is 2. The quantitative estimate of drug-likeness (QED) is 0.629. The molecular formula is C11H13ClN4. The third-order valence-corrected chi connectivity index (χ3v) is 2.88. The van der Waals surface area contributed by atoms with E-state index in [1.165, 1.54) is 0 Å². The van der Waals surface area contributed by atoms with Gasteiger partial charge < -0.3 is 0 Å². The molecule has 1 atom stereocenters. The second-order valence-electron chi connectivity index (χ2n) is 3.50. The van der Waals surface area contributed by atoms with Crippen LogP contribution in [-0.2, 0) is 7.05 Å². The van der Waals surface area contributed by atoms with Crippen molar-refractivity contribution in [2.45, 2.75) is 6.04 Å². The first-order valence-electron chi connectivity index (χ1n) is 4.92. The molecule has 2 rings (SSSR count). The number of hydrogen-bond acceptors (Lipinski definition) is 3. The molecule has 1 unspecified atom stereocenters. The van der Waals surface area contributed by atoms with Crippen LogP contribution in [0, 0.1) is 0 Å². The van der Waals surface area contributed by atoms with Gasteiger partial charge in [-0.2, -0.15) is 5.10 Å². The van der Waals surface area contributed by atoms with Gasteiger partial charge in [-0.15, -0.1) is 0 Å². The van der Waals surface area contributed by atoms with Crippen LogP contribution in [0.2, 0.25) is 5.02 Å². The van der Waals surface area contributed by atoms with Crippen molar-refractivity contribution in [3.05, 3.63) is 52.8 Å². The molecule has 0 aliphatic carbocycles. The molecule has 3 N–H and O–H groups in total. The molecule has 4 nitrogen and oxygen atoms in total. The van der Waals surface area contributed by atoms with E-state index in [-0.39, 0.29) is 6.04 Å². The molecule has 0 amide bonds. The van der Waals surface area contributed by atoms with Gasteiger partial charge in [0.05, 0.1) is 11.7 Å². The predicted octanol–water partition coefficient (Wildman–Crippen LogP) is 1.63. The topological polar surface area (TPSA) is 55.9 Å². The normalized spacial score (nSPS) is 12.7. The average molecular weight is 237 g/mol. The van der Waals surface area contributed by atoms with E-state index < -0.39 is 0 Å². The zero-order valence-corrected chi connectivity index (χ0v) is 9.65. The van der Waals surface area contributed by atoms with Crippen LogP contribution in [0.25, 0.3) is 0 Å². The van der Waals surface area contributed by atoms with Gasteiger partial charge in [-0.3, -0.25) is 10.5 Å². The fourth-order valence-electron chi connectivity index (χ4n) is 1.71. The minimum Gasteiger partial charge on any atom is -0.271 e. The van der Waals surface area contributed by atoms with E-state index in [1.54, 1.807) is 10.9 Å². The zero-order chi connectivity index (χ0) is 11.5. The Bertz CT molecular complexity index is 480. The number of aryl methyl sites for hydroxylation is 1. The largest absolute Gasteiger partial charge is 0.271 e. The maximum absolute atomic E-state index is 6.14. The summed E-state index contributed by atoms with van der Waals surface area (Å²) in [6.45, 7) is 0. The smallest absolute Gasteiger partial charge is 0.0892 e. The number of rotatable bonds is 3. The van der Waals surface area contributed by atoms with E-state index in [1.807, 2.05) is 37.4 Å². The number of benzene rings is 1. The van der Waals surface area contributed by atoms with E-state index in [4.69, 9.17) is 17.4 Å². The maximum Gasteiger partial charge on any atom is 0.0892 e. The van der Waals surface area contributed by atoms with Crippen molar-refractivity contribution in [3.8, 4) is 0 Å². The van der Waals surface area contributed by atoms with E-state index in [0.717, 1.165) is 11.3 Å². The molecular weight excluding hydrogens is 224 g/mol. The summed E-state index contributed by atoms with van der Waals surface area (Å²) in [5.41, 5.74) is 4.67. The lowest BCUT2D eigenvalue weighted by atomic mass is 10.0. The number of nitrogens with one attached hydrogen (secondary N) is 1. The van der Waals surface area contributed by atoms with Crippen molar-refractivity contribution < 1.29 is 0 Å². The lowest BCUT2D eigenvalue weighted by Crippen LogP contribution is -2.30. The lowest BCUT2D eigenvalue weighted by molar-refractivity contribution is 0.575. The Morgan fingerprint density at radius 1 is 1.38 bits per heavy atom. The maximum atomic E-state index is 6.14. The standard InChI is InChI=1S/C11H13ClN4/c1-16-10(6-7-14-16)11(15-13)8-4-2-3-5-9(8)12/h2-7,11,15H,13H2,1H3. The van der Waals surface area contributed by atoms with Crippen molar-refractivity contribution in [3.63, 3.8) is 0 Å². The van der Waals surface area contributed by atoms with Gasteiger partial charge in [-0.25, -0.2) is 5.43 Å². The van der Waals surface area contributed by atoms with Crippen molar-refractivity contribution in [2.75, 3.05) is 0 Å². The number of hydrazine groups is 1. The minimum atomic E-state index is -0.152. The Hall–Kier alpha value is -1.36. The van der Waals surface area contributed by atoms with E-state index in [2.05, 4.69) is 10.5 Å². The van der Waals surface area contributed by atoms with Crippen LogP contribution in [0.4, 0.5) is 0 Å². The predicted molar refractivity (Wildman–Crippen MR) is 63.8 cm³/mol. The van der Waals surface area contributed by atoms with Gasteiger partial charge in [-0.05, 0) is 17.7 Å². The first kappa shape index (κ1) is 11.1. The third kappa shape index (κ3) is 1.95. The van der Waals surface area contributed by atoms with Crippen molar-refractivity contribution >= 4 is 11.6 Å². The van der Waals surface area contributed by atoms with E-state index >= 15 is 0 Å². The molecule has 0 aliphatic heterocycles. The van der Waals surface area contributed by atoms with Crippen LogP contribution < -0.4 is 11.3 Å². The molecule has 1 aromatic carbocycles. The van der Waals surface area contributed by atoms with Gasteiger partial charge in [0.2, 0.25) is 0 Å². The summed E-state index contributed by atoms with van der Waals surface area (Å²) < 4.78 is 1.77. The molecule has 0 saturated carbocycles. The molecule has 0 bridgehead atoms. The van der Waals surface area contributed by atoms with E-state index in [0.29, 0.717) is 5.02 Å². The molecule has 84 valence electrons. The Morgan fingerprint density at radius 2 is 2.12 bits per heavy atom. The lowest BCUT2D eigenvalue weighted by Gasteiger charge is -2.17. The van der Waals surface area contributed by atoms with Crippen LogP contribution in [-0.4, -0.2) is 9.78 Å². The molecule has 0 saturated heterocycles. The summed E-state index contributed by atoms with van der Waals surface area (Å²) in [5.74, 6) is 5.58. The summed E-state index contributed by atoms with van der Waals surface area (Å²) in [6, 6.07) is 9.37. The minimum absolute atomic E-state index is 0.152. The van der Waals surface area contributed by atoms with E-state index in [9.17, 15) is 0 Å². The first-order chi connectivity index (χ1) is 7.74. The second-order valence-corrected chi connectivity index (χ2v) is 3.91. The molecule has 0 spiro atoms. The number of nitrogens with two attached hydrogens (primary N) is 1. The van der Waals surface area contributed by atoms with Gasteiger partial charge in [0, 0.05) is 18.3 Å². The Labute approximate surface area is 99.0 Å². The molecule has 5 heteroatoms. The number of aromatic nitrogens is 2. The Morgan fingerprint density at radius 3 is 2.69 bits per heavy atom. The van der Waals surface area contributed by atoms with Crippen LogP contribution >= 0.6 is 11.6 Å². The number of nitrogens with zero attached hydrogens (tertiary/aromatic N) is 2. The molecule has 1 aromatic heterocycles. The molecule has 0 fully saturated rings. The highest BCUT2D eigenvalue weighted by Gasteiger charge is 2.17. The average Bonchev–Trinajstić information content (AvgIpc) is 2.69. The fraction of sp³-hybridized carbons (Fsp3) is 0.182. The monoisotopic (exact) mass is 236 g/mol. The van der Waals surface area contributed by atoms with Crippen molar-refractivity contribution in [1.82, 2.24) is 15.2 Å². The Kier molecular flexibility index (Phi) is 3.24. The first-order valence-corrected chi connectivity index (χ1v) is 5.30. The van der Waals surface area contributed by atoms with Gasteiger partial charge in [0.15, 0.2) is 0 Å². The molecule has 16 heavy (non-hydrogen) atoms. The third-order valence-electron chi connectivity index (χ3n) is 2.54. The van der Waals surface area contributed by atoms with Crippen molar-refractivity contribution in [2.24, 2.45) is 12.9 Å². The SMILES string of the molecule is Cn1nccc1C(NN)c1ccccc1Cl. The number of halogens is 1. The Balaban J connectivity index is 2.45. The zero-order valence-electron chi connectivity index (χ0n) is 8.89. The van der Waals surface area contributed by atoms with Crippen LogP contribution in [0.15, 0.2) is 36.5 Å². The molecule has 2 aromatic rings. The highest BCUT2D eigenvalue weighted by atomic mass is 35.5. The van der Waals surface area contributed by atoms with Crippen LogP contribution in [0.1, 0.15) is 17.3 Å². The summed E-state index contributed by atoms with van der Waals surface area (Å²) in [4.78, 5) is 0. The van der Waals surface area contributed by atoms with Gasteiger partial charge in [0.25, 0.3) is 0 Å². The molecule has 0 aliphatic rings. The molecule has 1 heterocycles.